The molecule has 1 atom stereocenters. The fourth-order valence-corrected chi connectivity index (χ4v) is 1.75. The summed E-state index contributed by atoms with van der Waals surface area (Å²) in [5.74, 6) is -3.41. The average molecular weight is 331 g/mol. The van der Waals surface area contributed by atoms with Crippen molar-refractivity contribution in [2.75, 3.05) is 5.32 Å². The summed E-state index contributed by atoms with van der Waals surface area (Å²) >= 11 is 0. The van der Waals surface area contributed by atoms with Crippen LogP contribution < -0.4 is 10.6 Å². The van der Waals surface area contributed by atoms with Gasteiger partial charge in [0.25, 0.3) is 5.91 Å². The molecule has 0 heterocycles. The minimum Gasteiger partial charge on any atom is -0.480 e. The number of benzene rings is 1. The number of aliphatic carboxylic acids is 1. The fraction of sp³-hybridized carbons (Fsp3) is 0.250. The van der Waals surface area contributed by atoms with Crippen molar-refractivity contribution in [1.29, 1.82) is 5.26 Å². The Labute approximate surface area is 138 Å². The molecule has 0 saturated heterocycles. The highest BCUT2D eigenvalue weighted by Gasteiger charge is 2.24. The summed E-state index contributed by atoms with van der Waals surface area (Å²) in [5, 5.41) is 31.9. The molecule has 126 valence electrons. The van der Waals surface area contributed by atoms with Crippen molar-refractivity contribution in [1.82, 2.24) is 5.32 Å². The largest absolute Gasteiger partial charge is 0.480 e. The fourth-order valence-electron chi connectivity index (χ4n) is 1.75. The molecular weight excluding hydrogens is 314 g/mol. The Hall–Kier alpha value is -3.34. The van der Waals surface area contributed by atoms with E-state index in [1.165, 1.54) is 24.3 Å². The van der Waals surface area contributed by atoms with Crippen LogP contribution in [0.15, 0.2) is 36.0 Å². The summed E-state index contributed by atoms with van der Waals surface area (Å²) in [6.45, 7) is 3.27. The maximum Gasteiger partial charge on any atom is 0.335 e. The summed E-state index contributed by atoms with van der Waals surface area (Å²) in [6, 6.07) is 6.25. The van der Waals surface area contributed by atoms with Gasteiger partial charge in [0.05, 0.1) is 5.56 Å². The normalized spacial score (nSPS) is 12.2. The first-order valence-electron chi connectivity index (χ1n) is 7.00. The van der Waals surface area contributed by atoms with Crippen molar-refractivity contribution in [2.24, 2.45) is 5.92 Å². The summed E-state index contributed by atoms with van der Waals surface area (Å²) < 4.78 is 0. The Morgan fingerprint density at radius 3 is 2.17 bits per heavy atom. The van der Waals surface area contributed by atoms with E-state index in [0.29, 0.717) is 5.69 Å². The molecule has 8 heteroatoms. The topological polar surface area (TPSA) is 140 Å². The maximum absolute atomic E-state index is 12.0. The van der Waals surface area contributed by atoms with Gasteiger partial charge in [-0.2, -0.15) is 5.26 Å². The van der Waals surface area contributed by atoms with Gasteiger partial charge in [0.1, 0.15) is 17.7 Å². The molecule has 0 saturated carbocycles. The van der Waals surface area contributed by atoms with Gasteiger partial charge >= 0.3 is 11.9 Å². The van der Waals surface area contributed by atoms with Gasteiger partial charge in [-0.3, -0.25) is 4.79 Å². The molecule has 0 radical (unpaired) electrons. The number of nitrogens with zero attached hydrogens (tertiary/aromatic N) is 1. The molecule has 8 nitrogen and oxygen atoms in total. The van der Waals surface area contributed by atoms with E-state index in [1.54, 1.807) is 19.9 Å². The minimum absolute atomic E-state index is 0.101. The van der Waals surface area contributed by atoms with Crippen LogP contribution in [-0.2, 0) is 9.59 Å². The molecule has 1 unspecified atom stereocenters. The number of hydrogen-bond donors (Lipinski definition) is 4. The molecule has 1 rings (SSSR count). The van der Waals surface area contributed by atoms with Gasteiger partial charge < -0.3 is 20.8 Å². The first kappa shape index (κ1) is 18.7. The number of hydrogen-bond acceptors (Lipinski definition) is 5. The number of carbonyl (C=O) groups is 3. The van der Waals surface area contributed by atoms with Crippen molar-refractivity contribution in [2.45, 2.75) is 19.9 Å². The number of aromatic carboxylic acids is 1. The number of carbonyl (C=O) groups excluding carboxylic acids is 1. The molecule has 0 bridgehead atoms. The van der Waals surface area contributed by atoms with E-state index in [1.807, 2.05) is 0 Å². The van der Waals surface area contributed by atoms with E-state index < -0.39 is 23.9 Å². The van der Waals surface area contributed by atoms with Gasteiger partial charge in [0.2, 0.25) is 0 Å². The van der Waals surface area contributed by atoms with Crippen LogP contribution in [-0.4, -0.2) is 34.1 Å². The molecule has 1 aromatic rings. The van der Waals surface area contributed by atoms with E-state index in [4.69, 9.17) is 15.5 Å². The maximum atomic E-state index is 12.0. The lowest BCUT2D eigenvalue weighted by Crippen LogP contribution is -2.44. The Morgan fingerprint density at radius 2 is 1.75 bits per heavy atom. The number of nitriles is 1. The van der Waals surface area contributed by atoms with Gasteiger partial charge in [-0.1, -0.05) is 13.8 Å². The molecule has 1 amide bonds. The highest BCUT2D eigenvalue weighted by Crippen LogP contribution is 2.10. The van der Waals surface area contributed by atoms with Gasteiger partial charge in [-0.05, 0) is 30.2 Å². The lowest BCUT2D eigenvalue weighted by Gasteiger charge is -2.17. The number of carboxylic acids is 2. The highest BCUT2D eigenvalue weighted by atomic mass is 16.4. The molecule has 24 heavy (non-hydrogen) atoms. The SMILES string of the molecule is CC(C)C(NC(=O)/C(C#N)=C\Nc1ccc(C(=O)O)cc1)C(=O)O. The molecule has 0 aliphatic rings. The number of carboxylic acid groups (broad SMARTS) is 2. The minimum atomic E-state index is -1.19. The van der Waals surface area contributed by atoms with Crippen molar-refractivity contribution in [3.05, 3.63) is 41.6 Å². The lowest BCUT2D eigenvalue weighted by molar-refractivity contribution is -0.142. The molecule has 0 spiro atoms. The first-order valence-corrected chi connectivity index (χ1v) is 7.00. The molecule has 0 aromatic heterocycles. The predicted molar refractivity (Wildman–Crippen MR) is 85.1 cm³/mol. The van der Waals surface area contributed by atoms with Crippen LogP contribution in [0.4, 0.5) is 5.69 Å². The van der Waals surface area contributed by atoms with E-state index in [0.717, 1.165) is 6.20 Å². The van der Waals surface area contributed by atoms with Crippen molar-refractivity contribution in [3.63, 3.8) is 0 Å². The molecule has 0 fully saturated rings. The third kappa shape index (κ3) is 5.14. The third-order valence-corrected chi connectivity index (χ3v) is 3.10. The quantitative estimate of drug-likeness (QED) is 0.437. The second kappa shape index (κ2) is 8.33. The van der Waals surface area contributed by atoms with Gasteiger partial charge in [0.15, 0.2) is 0 Å². The number of rotatable bonds is 7. The summed E-state index contributed by atoms with van der Waals surface area (Å²) in [5.41, 5.74) is 0.271. The van der Waals surface area contributed by atoms with E-state index >= 15 is 0 Å². The predicted octanol–water partition coefficient (Wildman–Crippen LogP) is 1.43. The zero-order chi connectivity index (χ0) is 18.3. The van der Waals surface area contributed by atoms with Crippen molar-refractivity contribution >= 4 is 23.5 Å². The van der Waals surface area contributed by atoms with Gasteiger partial charge in [-0.25, -0.2) is 9.59 Å². The zero-order valence-corrected chi connectivity index (χ0v) is 13.1. The molecule has 4 N–H and O–H groups in total. The number of anilines is 1. The second-order valence-electron chi connectivity index (χ2n) is 5.23. The van der Waals surface area contributed by atoms with Crippen molar-refractivity contribution in [3.8, 4) is 6.07 Å². The van der Waals surface area contributed by atoms with Crippen LogP contribution in [0.25, 0.3) is 0 Å². The average Bonchev–Trinajstić information content (AvgIpc) is 2.52. The highest BCUT2D eigenvalue weighted by molar-refractivity contribution is 5.99. The standard InChI is InChI=1S/C16H17N3O5/c1-9(2)13(16(23)24)19-14(20)11(7-17)8-18-12-5-3-10(4-6-12)15(21)22/h3-6,8-9,13,18H,1-2H3,(H,19,20)(H,21,22)(H,23,24)/b11-8-. The molecule has 1 aromatic carbocycles. The Kier molecular flexibility index (Phi) is 6.50. The smallest absolute Gasteiger partial charge is 0.335 e. The van der Waals surface area contributed by atoms with Crippen LogP contribution in [0.1, 0.15) is 24.2 Å². The molecular formula is C16H17N3O5. The third-order valence-electron chi connectivity index (χ3n) is 3.10. The van der Waals surface area contributed by atoms with Crippen LogP contribution in [0.2, 0.25) is 0 Å². The number of amides is 1. The van der Waals surface area contributed by atoms with Crippen LogP contribution in [0.5, 0.6) is 0 Å². The van der Waals surface area contributed by atoms with E-state index in [2.05, 4.69) is 10.6 Å². The van der Waals surface area contributed by atoms with E-state index in [9.17, 15) is 14.4 Å². The lowest BCUT2D eigenvalue weighted by atomic mass is 10.0. The summed E-state index contributed by atoms with van der Waals surface area (Å²) in [6.07, 6.45) is 1.13. The Morgan fingerprint density at radius 1 is 1.17 bits per heavy atom. The van der Waals surface area contributed by atoms with Crippen LogP contribution in [0.3, 0.4) is 0 Å². The number of nitrogens with one attached hydrogen (secondary N) is 2. The van der Waals surface area contributed by atoms with Crippen molar-refractivity contribution < 1.29 is 24.6 Å². The van der Waals surface area contributed by atoms with Crippen LogP contribution in [0, 0.1) is 17.2 Å². The first-order chi connectivity index (χ1) is 11.3. The zero-order valence-electron chi connectivity index (χ0n) is 13.1. The summed E-state index contributed by atoms with van der Waals surface area (Å²) in [4.78, 5) is 33.8. The van der Waals surface area contributed by atoms with E-state index in [-0.39, 0.29) is 17.1 Å². The monoisotopic (exact) mass is 331 g/mol. The van der Waals surface area contributed by atoms with Gasteiger partial charge in [-0.15, -0.1) is 0 Å². The molecule has 0 aliphatic heterocycles. The Bertz CT molecular complexity index is 701. The molecule has 0 aliphatic carbocycles. The summed E-state index contributed by atoms with van der Waals surface area (Å²) in [7, 11) is 0. The Balaban J connectivity index is 2.83. The van der Waals surface area contributed by atoms with Crippen LogP contribution >= 0.6 is 0 Å². The van der Waals surface area contributed by atoms with Gasteiger partial charge in [0, 0.05) is 11.9 Å². The second-order valence-corrected chi connectivity index (χ2v) is 5.23.